The molecule has 1 fully saturated rings. The maximum absolute atomic E-state index is 12.9. The molecule has 0 radical (unpaired) electrons. The van der Waals surface area contributed by atoms with Crippen molar-refractivity contribution in [3.8, 4) is 0 Å². The Hall–Kier alpha value is -2.24. The number of unbranched alkanes of at least 4 members (excludes halogenated alkanes) is 1. The van der Waals surface area contributed by atoms with Crippen LogP contribution in [0.15, 0.2) is 18.2 Å². The summed E-state index contributed by atoms with van der Waals surface area (Å²) in [6, 6.07) is 5.40. The Balaban J connectivity index is 2.17. The van der Waals surface area contributed by atoms with Gasteiger partial charge in [0.05, 0.1) is 5.56 Å². The van der Waals surface area contributed by atoms with E-state index in [1.54, 1.807) is 6.07 Å². The number of rotatable bonds is 8. The summed E-state index contributed by atoms with van der Waals surface area (Å²) >= 11 is 0. The van der Waals surface area contributed by atoms with E-state index in [0.29, 0.717) is 30.3 Å². The second kappa shape index (κ2) is 10.9. The van der Waals surface area contributed by atoms with Crippen molar-refractivity contribution in [2.45, 2.75) is 53.4 Å². The largest absolute Gasteiger partial charge is 0.371 e. The Labute approximate surface area is 169 Å². The first-order valence-electron chi connectivity index (χ1n) is 10.6. The molecule has 1 aromatic carbocycles. The van der Waals surface area contributed by atoms with Crippen molar-refractivity contribution in [1.82, 2.24) is 10.6 Å². The van der Waals surface area contributed by atoms with Crippen LogP contribution in [0.5, 0.6) is 0 Å². The molecule has 3 amide bonds. The van der Waals surface area contributed by atoms with Crippen LogP contribution in [0.4, 0.5) is 16.2 Å². The first-order chi connectivity index (χ1) is 13.4. The van der Waals surface area contributed by atoms with Crippen molar-refractivity contribution in [3.05, 3.63) is 23.8 Å². The second-order valence-corrected chi connectivity index (χ2v) is 8.24. The highest BCUT2D eigenvalue weighted by Gasteiger charge is 2.22. The fourth-order valence-corrected chi connectivity index (χ4v) is 3.27. The number of carbonyl (C=O) groups excluding carboxylic acids is 2. The maximum atomic E-state index is 12.9. The quantitative estimate of drug-likeness (QED) is 0.584. The minimum absolute atomic E-state index is 0.0858. The highest BCUT2D eigenvalue weighted by molar-refractivity contribution is 6.02. The van der Waals surface area contributed by atoms with Gasteiger partial charge in [-0.05, 0) is 49.3 Å². The zero-order valence-corrected chi connectivity index (χ0v) is 17.8. The van der Waals surface area contributed by atoms with Crippen molar-refractivity contribution >= 4 is 23.3 Å². The van der Waals surface area contributed by atoms with E-state index in [0.717, 1.165) is 50.4 Å². The van der Waals surface area contributed by atoms with Gasteiger partial charge in [0.25, 0.3) is 5.91 Å². The molecule has 6 heteroatoms. The van der Waals surface area contributed by atoms with Gasteiger partial charge in [-0.2, -0.15) is 0 Å². The molecule has 0 aliphatic carbocycles. The summed E-state index contributed by atoms with van der Waals surface area (Å²) in [5.41, 5.74) is 2.21. The van der Waals surface area contributed by atoms with Crippen LogP contribution < -0.4 is 20.9 Å². The third-order valence-corrected chi connectivity index (χ3v) is 5.11. The number of benzene rings is 1. The van der Waals surface area contributed by atoms with Crippen molar-refractivity contribution in [3.63, 3.8) is 0 Å². The Morgan fingerprint density at radius 3 is 2.54 bits per heavy atom. The lowest BCUT2D eigenvalue weighted by Gasteiger charge is -2.33. The Bertz CT molecular complexity index is 652. The fourth-order valence-electron chi connectivity index (χ4n) is 3.27. The van der Waals surface area contributed by atoms with Crippen LogP contribution in [0.25, 0.3) is 0 Å². The molecule has 0 spiro atoms. The summed E-state index contributed by atoms with van der Waals surface area (Å²) in [5, 5.41) is 8.71. The molecule has 0 bridgehead atoms. The van der Waals surface area contributed by atoms with Crippen molar-refractivity contribution in [2.24, 2.45) is 11.8 Å². The van der Waals surface area contributed by atoms with Gasteiger partial charge < -0.3 is 20.9 Å². The SMILES string of the molecule is CCCCNC(=O)Nc1ccc(N2CCC(C)CC2)c(C(=O)NCC(C)C)c1. The van der Waals surface area contributed by atoms with Crippen LogP contribution in [-0.2, 0) is 0 Å². The highest BCUT2D eigenvalue weighted by Crippen LogP contribution is 2.28. The van der Waals surface area contributed by atoms with Gasteiger partial charge >= 0.3 is 6.03 Å². The summed E-state index contributed by atoms with van der Waals surface area (Å²) in [6.07, 6.45) is 4.24. The zero-order chi connectivity index (χ0) is 20.5. The number of anilines is 2. The molecule has 6 nitrogen and oxygen atoms in total. The van der Waals surface area contributed by atoms with E-state index in [4.69, 9.17) is 0 Å². The lowest BCUT2D eigenvalue weighted by Crippen LogP contribution is -2.36. The number of nitrogens with one attached hydrogen (secondary N) is 3. The van der Waals surface area contributed by atoms with Crippen LogP contribution in [0.1, 0.15) is 63.7 Å². The predicted molar refractivity (Wildman–Crippen MR) is 116 cm³/mol. The molecule has 0 unspecified atom stereocenters. The lowest BCUT2D eigenvalue weighted by molar-refractivity contribution is 0.0949. The van der Waals surface area contributed by atoms with Gasteiger partial charge in [-0.15, -0.1) is 0 Å². The fraction of sp³-hybridized carbons (Fsp3) is 0.636. The monoisotopic (exact) mass is 388 g/mol. The van der Waals surface area contributed by atoms with Crippen LogP contribution in [0.3, 0.4) is 0 Å². The predicted octanol–water partition coefficient (Wildman–Crippen LogP) is 4.23. The number of hydrogen-bond acceptors (Lipinski definition) is 3. The standard InChI is InChI=1S/C22H36N4O2/c1-5-6-11-23-22(28)25-18-7-8-20(26-12-9-17(4)10-13-26)19(14-18)21(27)24-15-16(2)3/h7-8,14,16-17H,5-6,9-13,15H2,1-4H3,(H,24,27)(H2,23,25,28). The van der Waals surface area contributed by atoms with E-state index >= 15 is 0 Å². The van der Waals surface area contributed by atoms with Crippen LogP contribution >= 0.6 is 0 Å². The molecule has 1 heterocycles. The Kier molecular flexibility index (Phi) is 8.61. The molecule has 0 saturated carbocycles. The number of nitrogens with zero attached hydrogens (tertiary/aromatic N) is 1. The summed E-state index contributed by atoms with van der Waals surface area (Å²) in [7, 11) is 0. The van der Waals surface area contributed by atoms with Gasteiger partial charge in [-0.1, -0.05) is 34.1 Å². The molecule has 1 aromatic rings. The van der Waals surface area contributed by atoms with Crippen molar-refractivity contribution < 1.29 is 9.59 Å². The zero-order valence-electron chi connectivity index (χ0n) is 17.8. The lowest BCUT2D eigenvalue weighted by atomic mass is 9.97. The van der Waals surface area contributed by atoms with Gasteiger partial charge in [-0.3, -0.25) is 4.79 Å². The Morgan fingerprint density at radius 1 is 1.18 bits per heavy atom. The van der Waals surface area contributed by atoms with Gasteiger partial charge in [0.2, 0.25) is 0 Å². The van der Waals surface area contributed by atoms with Gasteiger partial charge in [0.15, 0.2) is 0 Å². The van der Waals surface area contributed by atoms with E-state index in [1.165, 1.54) is 0 Å². The second-order valence-electron chi connectivity index (χ2n) is 8.24. The smallest absolute Gasteiger partial charge is 0.319 e. The molecule has 1 saturated heterocycles. The molecule has 156 valence electrons. The number of hydrogen-bond donors (Lipinski definition) is 3. The van der Waals surface area contributed by atoms with E-state index in [9.17, 15) is 9.59 Å². The van der Waals surface area contributed by atoms with Crippen LogP contribution in [0.2, 0.25) is 0 Å². The van der Waals surface area contributed by atoms with Gasteiger partial charge in [-0.25, -0.2) is 4.79 Å². The van der Waals surface area contributed by atoms with Gasteiger partial charge in [0, 0.05) is 37.6 Å². The molecule has 1 aliphatic heterocycles. The molecule has 1 aliphatic rings. The van der Waals surface area contributed by atoms with E-state index in [2.05, 4.69) is 48.5 Å². The van der Waals surface area contributed by atoms with Crippen molar-refractivity contribution in [1.29, 1.82) is 0 Å². The first-order valence-corrected chi connectivity index (χ1v) is 10.6. The number of carbonyl (C=O) groups is 2. The molecule has 3 N–H and O–H groups in total. The summed E-state index contributed by atoms with van der Waals surface area (Å²) in [6.45, 7) is 11.7. The highest BCUT2D eigenvalue weighted by atomic mass is 16.2. The third kappa shape index (κ3) is 6.73. The minimum atomic E-state index is -0.235. The first kappa shape index (κ1) is 22.1. The molecule has 0 aromatic heterocycles. The third-order valence-electron chi connectivity index (χ3n) is 5.11. The number of piperidine rings is 1. The maximum Gasteiger partial charge on any atom is 0.319 e. The summed E-state index contributed by atoms with van der Waals surface area (Å²) in [5.74, 6) is 1.02. The van der Waals surface area contributed by atoms with Crippen molar-refractivity contribution in [2.75, 3.05) is 36.4 Å². The van der Waals surface area contributed by atoms with Crippen LogP contribution in [-0.4, -0.2) is 38.1 Å². The van der Waals surface area contributed by atoms with E-state index in [-0.39, 0.29) is 11.9 Å². The molecule has 2 rings (SSSR count). The molecule has 0 atom stereocenters. The van der Waals surface area contributed by atoms with Gasteiger partial charge in [0.1, 0.15) is 0 Å². The number of amides is 3. The average molecular weight is 389 g/mol. The molecular formula is C22H36N4O2. The average Bonchev–Trinajstić information content (AvgIpc) is 2.67. The van der Waals surface area contributed by atoms with E-state index in [1.807, 2.05) is 12.1 Å². The molecular weight excluding hydrogens is 352 g/mol. The minimum Gasteiger partial charge on any atom is -0.371 e. The summed E-state index contributed by atoms with van der Waals surface area (Å²) < 4.78 is 0. The Morgan fingerprint density at radius 2 is 1.89 bits per heavy atom. The summed E-state index contributed by atoms with van der Waals surface area (Å²) in [4.78, 5) is 27.2. The van der Waals surface area contributed by atoms with E-state index < -0.39 is 0 Å². The van der Waals surface area contributed by atoms with Crippen LogP contribution in [0, 0.1) is 11.8 Å². The normalized spacial score (nSPS) is 14.8. The topological polar surface area (TPSA) is 73.5 Å². The number of urea groups is 1. The molecule has 28 heavy (non-hydrogen) atoms.